The highest BCUT2D eigenvalue weighted by atomic mass is 32.2. The van der Waals surface area contributed by atoms with E-state index in [1.54, 1.807) is 11.8 Å². The van der Waals surface area contributed by atoms with Crippen LogP contribution in [0, 0.1) is 12.8 Å². The molecule has 4 aromatic rings. The zero-order chi connectivity index (χ0) is 26.9. The van der Waals surface area contributed by atoms with E-state index in [1.807, 2.05) is 61.7 Å². The fourth-order valence-corrected chi connectivity index (χ4v) is 6.06. The molecule has 5 nitrogen and oxygen atoms in total. The topological polar surface area (TPSA) is 64.3 Å². The summed E-state index contributed by atoms with van der Waals surface area (Å²) >= 11 is 1.75. The minimum Gasteiger partial charge on any atom is -0.487 e. The van der Waals surface area contributed by atoms with Gasteiger partial charge >= 0.3 is 5.97 Å². The summed E-state index contributed by atoms with van der Waals surface area (Å²) in [6.45, 7) is 9.80. The molecule has 5 rings (SSSR count). The minimum atomic E-state index is -0.786. The monoisotopic (exact) mass is 528 g/mol. The zero-order valence-corrected chi connectivity index (χ0v) is 23.4. The molecule has 6 heteroatoms. The van der Waals surface area contributed by atoms with Crippen molar-refractivity contribution in [2.24, 2.45) is 5.92 Å². The molecule has 0 amide bonds. The number of aliphatic carboxylic acids is 1. The van der Waals surface area contributed by atoms with E-state index in [9.17, 15) is 9.90 Å². The highest BCUT2D eigenvalue weighted by Crippen LogP contribution is 2.46. The van der Waals surface area contributed by atoms with E-state index >= 15 is 0 Å². The summed E-state index contributed by atoms with van der Waals surface area (Å²) in [5, 5.41) is 11.6. The van der Waals surface area contributed by atoms with Gasteiger partial charge in [-0.3, -0.25) is 9.78 Å². The van der Waals surface area contributed by atoms with E-state index in [0.717, 1.165) is 50.6 Å². The van der Waals surface area contributed by atoms with E-state index in [2.05, 4.69) is 42.5 Å². The van der Waals surface area contributed by atoms with Crippen LogP contribution in [0.3, 0.4) is 0 Å². The van der Waals surface area contributed by atoms with Crippen molar-refractivity contribution in [2.75, 3.05) is 0 Å². The number of carbonyl (C=O) groups is 1. The molecule has 1 fully saturated rings. The highest BCUT2D eigenvalue weighted by Gasteiger charge is 2.34. The molecule has 198 valence electrons. The number of hydrogen-bond acceptors (Lipinski definition) is 4. The van der Waals surface area contributed by atoms with Crippen molar-refractivity contribution in [1.29, 1.82) is 0 Å². The van der Waals surface area contributed by atoms with Crippen molar-refractivity contribution in [3.8, 4) is 5.75 Å². The van der Waals surface area contributed by atoms with Crippen molar-refractivity contribution in [1.82, 2.24) is 9.55 Å². The van der Waals surface area contributed by atoms with Crippen LogP contribution in [0.5, 0.6) is 5.75 Å². The first-order chi connectivity index (χ1) is 18.2. The van der Waals surface area contributed by atoms with Gasteiger partial charge in [-0.05, 0) is 67.5 Å². The third-order valence-corrected chi connectivity index (χ3v) is 8.09. The van der Waals surface area contributed by atoms with Crippen molar-refractivity contribution in [3.05, 3.63) is 89.4 Å². The third-order valence-electron chi connectivity index (χ3n) is 6.84. The van der Waals surface area contributed by atoms with Gasteiger partial charge in [-0.15, -0.1) is 11.8 Å². The second-order valence-corrected chi connectivity index (χ2v) is 13.2. The number of ether oxygens (including phenoxy) is 1. The smallest absolute Gasteiger partial charge is 0.312 e. The van der Waals surface area contributed by atoms with Crippen molar-refractivity contribution in [3.63, 3.8) is 0 Å². The van der Waals surface area contributed by atoms with E-state index in [-0.39, 0.29) is 4.75 Å². The van der Waals surface area contributed by atoms with E-state index in [1.165, 1.54) is 12.8 Å². The zero-order valence-electron chi connectivity index (χ0n) is 22.6. The summed E-state index contributed by atoms with van der Waals surface area (Å²) in [6, 6.07) is 20.2. The van der Waals surface area contributed by atoms with Gasteiger partial charge in [0.05, 0.1) is 5.69 Å². The lowest BCUT2D eigenvalue weighted by atomic mass is 9.95. The summed E-state index contributed by atoms with van der Waals surface area (Å²) < 4.78 is 8.38. The maximum Gasteiger partial charge on any atom is 0.312 e. The Morgan fingerprint density at radius 3 is 2.53 bits per heavy atom. The Morgan fingerprint density at radius 1 is 1.13 bits per heavy atom. The van der Waals surface area contributed by atoms with E-state index in [4.69, 9.17) is 4.74 Å². The second-order valence-electron chi connectivity index (χ2n) is 11.4. The van der Waals surface area contributed by atoms with Gasteiger partial charge < -0.3 is 14.4 Å². The number of aromatic nitrogens is 2. The van der Waals surface area contributed by atoms with E-state index < -0.39 is 11.9 Å². The molecular weight excluding hydrogens is 492 g/mol. The Morgan fingerprint density at radius 2 is 1.89 bits per heavy atom. The van der Waals surface area contributed by atoms with Gasteiger partial charge in [0, 0.05) is 39.0 Å². The number of aryl methyl sites for hydroxylation is 1. The molecule has 2 aromatic carbocycles. The molecule has 1 atom stereocenters. The number of benzene rings is 2. The van der Waals surface area contributed by atoms with Gasteiger partial charge in [0.15, 0.2) is 0 Å². The standard InChI is InChI=1S/C32H36N2O3S/c1-21-10-13-24(33-18-21)20-37-25-14-15-28-26(17-25)30(38-32(2,3)4)29(34(28)19-23-11-12-23)27(31(35)36)16-22-8-6-5-7-9-22/h5-10,13-15,17-18,23,27H,11-12,16,19-20H2,1-4H3,(H,35,36). The second kappa shape index (κ2) is 10.9. The summed E-state index contributed by atoms with van der Waals surface area (Å²) in [5.74, 6) is -0.0619. The fourth-order valence-electron chi connectivity index (χ4n) is 4.82. The van der Waals surface area contributed by atoms with Crippen molar-refractivity contribution in [2.45, 2.75) is 75.7 Å². The molecule has 0 saturated heterocycles. The van der Waals surface area contributed by atoms with Gasteiger partial charge in [0.25, 0.3) is 0 Å². The predicted molar refractivity (Wildman–Crippen MR) is 154 cm³/mol. The molecule has 1 N–H and O–H groups in total. The summed E-state index contributed by atoms with van der Waals surface area (Å²) in [5.41, 5.74) is 5.02. The Balaban J connectivity index is 1.61. The first-order valence-corrected chi connectivity index (χ1v) is 14.2. The SMILES string of the molecule is Cc1ccc(COc2ccc3c(c2)c(SC(C)(C)C)c(C(Cc2ccccc2)C(=O)O)n3CC2CC2)nc1. The highest BCUT2D eigenvalue weighted by molar-refractivity contribution is 8.00. The molecule has 1 unspecified atom stereocenters. The van der Waals surface area contributed by atoms with Crippen LogP contribution in [0.25, 0.3) is 10.9 Å². The molecule has 0 aliphatic heterocycles. The molecule has 0 bridgehead atoms. The van der Waals surface area contributed by atoms with Gasteiger partial charge in [-0.2, -0.15) is 0 Å². The molecule has 2 aromatic heterocycles. The quantitative estimate of drug-likeness (QED) is 0.214. The predicted octanol–water partition coefficient (Wildman–Crippen LogP) is 7.64. The first kappa shape index (κ1) is 26.4. The minimum absolute atomic E-state index is 0.0913. The van der Waals surface area contributed by atoms with E-state index in [0.29, 0.717) is 18.9 Å². The lowest BCUT2D eigenvalue weighted by Gasteiger charge is -2.22. The van der Waals surface area contributed by atoms with Gasteiger partial charge in [0.1, 0.15) is 18.3 Å². The first-order valence-electron chi connectivity index (χ1n) is 13.3. The summed E-state index contributed by atoms with van der Waals surface area (Å²) in [7, 11) is 0. The number of hydrogen-bond donors (Lipinski definition) is 1. The van der Waals surface area contributed by atoms with Crippen LogP contribution in [0.15, 0.2) is 71.8 Å². The van der Waals surface area contributed by atoms with Crippen LogP contribution < -0.4 is 4.74 Å². The fraction of sp³-hybridized carbons (Fsp3) is 0.375. The Kier molecular flexibility index (Phi) is 7.53. The molecule has 1 aliphatic carbocycles. The van der Waals surface area contributed by atoms with Crippen LogP contribution in [0.2, 0.25) is 0 Å². The molecular formula is C32H36N2O3S. The summed E-state index contributed by atoms with van der Waals surface area (Å²) in [4.78, 5) is 18.4. The Hall–Kier alpha value is -3.25. The summed E-state index contributed by atoms with van der Waals surface area (Å²) in [6.07, 6.45) is 4.70. The molecule has 1 aliphatic rings. The number of pyridine rings is 1. The Bertz CT molecular complexity index is 1420. The lowest BCUT2D eigenvalue weighted by Crippen LogP contribution is -2.20. The van der Waals surface area contributed by atoms with Gasteiger partial charge in [0.2, 0.25) is 0 Å². The van der Waals surface area contributed by atoms with Crippen LogP contribution in [0.1, 0.15) is 62.0 Å². The number of fused-ring (bicyclic) bond motifs is 1. The van der Waals surface area contributed by atoms with Crippen LogP contribution in [-0.2, 0) is 24.4 Å². The number of nitrogens with zero attached hydrogens (tertiary/aromatic N) is 2. The molecule has 2 heterocycles. The van der Waals surface area contributed by atoms with Crippen molar-refractivity contribution >= 4 is 28.6 Å². The average molecular weight is 529 g/mol. The number of thioether (sulfide) groups is 1. The maximum absolute atomic E-state index is 12.8. The van der Waals surface area contributed by atoms with Gasteiger partial charge in [-0.25, -0.2) is 0 Å². The molecule has 1 saturated carbocycles. The lowest BCUT2D eigenvalue weighted by molar-refractivity contribution is -0.139. The average Bonchev–Trinajstić information content (AvgIpc) is 3.66. The number of carboxylic acids is 1. The van der Waals surface area contributed by atoms with Gasteiger partial charge in [-0.1, -0.05) is 57.2 Å². The van der Waals surface area contributed by atoms with Crippen LogP contribution >= 0.6 is 11.8 Å². The molecule has 38 heavy (non-hydrogen) atoms. The maximum atomic E-state index is 12.8. The molecule has 0 radical (unpaired) electrons. The number of rotatable bonds is 10. The van der Waals surface area contributed by atoms with Crippen LogP contribution in [0.4, 0.5) is 0 Å². The number of carboxylic acid groups (broad SMARTS) is 1. The molecule has 0 spiro atoms. The normalized spacial score (nSPS) is 14.5. The van der Waals surface area contributed by atoms with Crippen LogP contribution in [-0.4, -0.2) is 25.4 Å². The third kappa shape index (κ3) is 6.24. The van der Waals surface area contributed by atoms with Crippen molar-refractivity contribution < 1.29 is 14.6 Å². The largest absolute Gasteiger partial charge is 0.487 e. The Labute approximate surface area is 229 Å².